The topological polar surface area (TPSA) is 15.3 Å². The maximum Gasteiger partial charge on any atom is 0.0280 e. The van der Waals surface area contributed by atoms with Crippen molar-refractivity contribution in [2.75, 3.05) is 26.2 Å². The smallest absolute Gasteiger partial charge is 0.0280 e. The van der Waals surface area contributed by atoms with Crippen molar-refractivity contribution < 1.29 is 0 Å². The molecule has 1 N–H and O–H groups in total. The molecule has 0 aromatic rings. The summed E-state index contributed by atoms with van der Waals surface area (Å²) in [5.74, 6) is 0.920. The number of likely N-dealkylation sites (tertiary alicyclic amines) is 1. The van der Waals surface area contributed by atoms with Crippen LogP contribution in [0.4, 0.5) is 0 Å². The van der Waals surface area contributed by atoms with Crippen LogP contribution in [0.2, 0.25) is 0 Å². The minimum atomic E-state index is 0.397. The van der Waals surface area contributed by atoms with E-state index in [0.29, 0.717) is 11.0 Å². The molecule has 0 aliphatic carbocycles. The van der Waals surface area contributed by atoms with Crippen LogP contribution in [0.25, 0.3) is 0 Å². The maximum atomic E-state index is 3.68. The summed E-state index contributed by atoms with van der Waals surface area (Å²) < 4.78 is 0. The summed E-state index contributed by atoms with van der Waals surface area (Å²) >= 11 is 0. The predicted molar refractivity (Wildman–Crippen MR) is 74.3 cm³/mol. The van der Waals surface area contributed by atoms with E-state index in [2.05, 4.69) is 37.9 Å². The molecule has 100 valence electrons. The number of nitrogens with zero attached hydrogens (tertiary/aromatic N) is 1. The van der Waals surface area contributed by atoms with E-state index in [1.165, 1.54) is 51.9 Å². The standard InChI is InChI=1S/C15H30N2/c1-14(2,3)13-6-10-17(11-7-13)12-15(4)8-5-9-16-15/h13,16H,5-12H2,1-4H3. The molecule has 2 heteroatoms. The zero-order valence-corrected chi connectivity index (χ0v) is 12.2. The first-order valence-corrected chi connectivity index (χ1v) is 7.36. The summed E-state index contributed by atoms with van der Waals surface area (Å²) in [6.45, 7) is 14.7. The van der Waals surface area contributed by atoms with Gasteiger partial charge >= 0.3 is 0 Å². The average molecular weight is 238 g/mol. The van der Waals surface area contributed by atoms with E-state index in [4.69, 9.17) is 0 Å². The fraction of sp³-hybridized carbons (Fsp3) is 1.00. The highest BCUT2D eigenvalue weighted by Gasteiger charge is 2.33. The van der Waals surface area contributed by atoms with Gasteiger partial charge in [0, 0.05) is 12.1 Å². The monoisotopic (exact) mass is 238 g/mol. The zero-order valence-electron chi connectivity index (χ0n) is 12.2. The first-order valence-electron chi connectivity index (χ1n) is 7.36. The summed E-state index contributed by atoms with van der Waals surface area (Å²) in [6, 6.07) is 0. The Morgan fingerprint density at radius 3 is 2.35 bits per heavy atom. The number of piperidine rings is 1. The second-order valence-electron chi connectivity index (χ2n) is 7.51. The molecular formula is C15H30N2. The van der Waals surface area contributed by atoms with Crippen LogP contribution in [0.3, 0.4) is 0 Å². The van der Waals surface area contributed by atoms with E-state index in [0.717, 1.165) is 5.92 Å². The Balaban J connectivity index is 1.79. The van der Waals surface area contributed by atoms with Gasteiger partial charge in [0.2, 0.25) is 0 Å². The van der Waals surface area contributed by atoms with Crippen molar-refractivity contribution in [2.45, 2.75) is 58.9 Å². The Kier molecular flexibility index (Phi) is 3.84. The molecule has 17 heavy (non-hydrogen) atoms. The Morgan fingerprint density at radius 1 is 1.24 bits per heavy atom. The SMILES string of the molecule is CC1(CN2CCC(C(C)(C)C)CC2)CCCN1. The second kappa shape index (κ2) is 4.89. The highest BCUT2D eigenvalue weighted by Crippen LogP contribution is 2.34. The van der Waals surface area contributed by atoms with Crippen molar-refractivity contribution in [3.05, 3.63) is 0 Å². The minimum Gasteiger partial charge on any atom is -0.310 e. The molecule has 2 aliphatic rings. The number of hydrogen-bond donors (Lipinski definition) is 1. The van der Waals surface area contributed by atoms with Gasteiger partial charge in [-0.3, -0.25) is 0 Å². The minimum absolute atomic E-state index is 0.397. The molecule has 0 spiro atoms. The number of rotatable bonds is 2. The van der Waals surface area contributed by atoms with Gasteiger partial charge in [0.1, 0.15) is 0 Å². The summed E-state index contributed by atoms with van der Waals surface area (Å²) in [4.78, 5) is 2.68. The lowest BCUT2D eigenvalue weighted by molar-refractivity contribution is 0.0942. The molecule has 0 amide bonds. The van der Waals surface area contributed by atoms with Crippen LogP contribution in [0, 0.1) is 11.3 Å². The summed E-state index contributed by atoms with van der Waals surface area (Å²) in [5, 5.41) is 3.68. The van der Waals surface area contributed by atoms with Crippen molar-refractivity contribution in [3.63, 3.8) is 0 Å². The first-order chi connectivity index (χ1) is 7.89. The van der Waals surface area contributed by atoms with Gasteiger partial charge in [-0.25, -0.2) is 0 Å². The number of hydrogen-bond acceptors (Lipinski definition) is 2. The average Bonchev–Trinajstić information content (AvgIpc) is 2.64. The molecule has 0 aromatic heterocycles. The molecule has 0 radical (unpaired) electrons. The van der Waals surface area contributed by atoms with Crippen LogP contribution in [0.1, 0.15) is 53.4 Å². The lowest BCUT2D eigenvalue weighted by atomic mass is 9.75. The van der Waals surface area contributed by atoms with Crippen LogP contribution in [0.15, 0.2) is 0 Å². The fourth-order valence-corrected chi connectivity index (χ4v) is 3.54. The van der Waals surface area contributed by atoms with Crippen molar-refractivity contribution >= 4 is 0 Å². The summed E-state index contributed by atoms with van der Waals surface area (Å²) in [7, 11) is 0. The predicted octanol–water partition coefficient (Wildman–Crippen LogP) is 2.89. The van der Waals surface area contributed by atoms with Gasteiger partial charge in [-0.15, -0.1) is 0 Å². The third-order valence-electron chi connectivity index (χ3n) is 4.84. The van der Waals surface area contributed by atoms with Gasteiger partial charge in [0.25, 0.3) is 0 Å². The van der Waals surface area contributed by atoms with Gasteiger partial charge < -0.3 is 10.2 Å². The molecule has 0 aromatic carbocycles. The molecule has 1 atom stereocenters. The second-order valence-corrected chi connectivity index (χ2v) is 7.51. The Hall–Kier alpha value is -0.0800. The lowest BCUT2D eigenvalue weighted by Gasteiger charge is -2.41. The Morgan fingerprint density at radius 2 is 1.88 bits per heavy atom. The van der Waals surface area contributed by atoms with Crippen LogP contribution in [-0.2, 0) is 0 Å². The molecule has 2 nitrogen and oxygen atoms in total. The largest absolute Gasteiger partial charge is 0.310 e. The highest BCUT2D eigenvalue weighted by molar-refractivity contribution is 4.93. The van der Waals surface area contributed by atoms with Crippen molar-refractivity contribution in [1.29, 1.82) is 0 Å². The molecule has 2 heterocycles. The van der Waals surface area contributed by atoms with Crippen molar-refractivity contribution in [1.82, 2.24) is 10.2 Å². The van der Waals surface area contributed by atoms with Gasteiger partial charge in [-0.1, -0.05) is 20.8 Å². The quantitative estimate of drug-likeness (QED) is 0.796. The summed E-state index contributed by atoms with van der Waals surface area (Å²) in [6.07, 6.45) is 5.49. The Bertz CT molecular complexity index is 240. The molecule has 2 saturated heterocycles. The molecule has 2 rings (SSSR count). The third kappa shape index (κ3) is 3.45. The summed E-state index contributed by atoms with van der Waals surface area (Å²) in [5.41, 5.74) is 0.899. The first kappa shape index (κ1) is 13.4. The fourth-order valence-electron chi connectivity index (χ4n) is 3.54. The van der Waals surface area contributed by atoms with Gasteiger partial charge in [-0.2, -0.15) is 0 Å². The molecule has 0 bridgehead atoms. The molecule has 2 fully saturated rings. The maximum absolute atomic E-state index is 3.68. The van der Waals surface area contributed by atoms with E-state index in [-0.39, 0.29) is 0 Å². The van der Waals surface area contributed by atoms with E-state index >= 15 is 0 Å². The van der Waals surface area contributed by atoms with Crippen LogP contribution in [-0.4, -0.2) is 36.6 Å². The normalized spacial score (nSPS) is 33.2. The number of nitrogens with one attached hydrogen (secondary N) is 1. The lowest BCUT2D eigenvalue weighted by Crippen LogP contribution is -2.50. The molecular weight excluding hydrogens is 208 g/mol. The van der Waals surface area contributed by atoms with Crippen molar-refractivity contribution in [3.8, 4) is 0 Å². The van der Waals surface area contributed by atoms with E-state index < -0.39 is 0 Å². The molecule has 2 aliphatic heterocycles. The van der Waals surface area contributed by atoms with Crippen LogP contribution in [0.5, 0.6) is 0 Å². The zero-order chi connectivity index (χ0) is 12.5. The Labute approximate surface area is 107 Å². The van der Waals surface area contributed by atoms with E-state index in [9.17, 15) is 0 Å². The van der Waals surface area contributed by atoms with Crippen LogP contribution >= 0.6 is 0 Å². The van der Waals surface area contributed by atoms with E-state index in [1.54, 1.807) is 0 Å². The highest BCUT2D eigenvalue weighted by atomic mass is 15.2. The van der Waals surface area contributed by atoms with E-state index in [1.807, 2.05) is 0 Å². The van der Waals surface area contributed by atoms with Gasteiger partial charge in [-0.05, 0) is 63.6 Å². The molecule has 1 unspecified atom stereocenters. The third-order valence-corrected chi connectivity index (χ3v) is 4.84. The van der Waals surface area contributed by atoms with Gasteiger partial charge in [0.15, 0.2) is 0 Å². The van der Waals surface area contributed by atoms with Crippen molar-refractivity contribution in [2.24, 2.45) is 11.3 Å². The van der Waals surface area contributed by atoms with Gasteiger partial charge in [0.05, 0.1) is 0 Å². The molecule has 0 saturated carbocycles. The van der Waals surface area contributed by atoms with Crippen LogP contribution < -0.4 is 5.32 Å².